The number of halogens is 1. The fourth-order valence-corrected chi connectivity index (χ4v) is 12.2. The minimum absolute atomic E-state index is 0.0250. The number of esters is 1. The molecule has 79 heavy (non-hydrogen) atoms. The quantitative estimate of drug-likeness (QED) is 0.0726. The Morgan fingerprint density at radius 1 is 0.937 bits per heavy atom. The summed E-state index contributed by atoms with van der Waals surface area (Å²) in [4.78, 5) is 43.0. The monoisotopic (exact) mass is 1120 g/mol. The Hall–Kier alpha value is -3.46. The second-order valence-electron chi connectivity index (χ2n) is 24.0. The Bertz CT molecular complexity index is 2390. The number of nitrogens with one attached hydrogen (secondary N) is 2. The standard InChI is InChI=1S/C57H94FN5O16/c1-15-44-57(10,71)49(66)35(6)62(13)29-31(2)27-55(8,70)50(79-54-47(65)43(61(11)12)24-32(3)75-54)33(4)48(34(5)53(69)77-44)78-45-28-56(9,72-14)51(36(7)76-45)74-23-19-59-18-21-73-22-20-60-41-26-42-38(25-40(41)58)46(64)39(52(67)68)30-63(42)37-16-17-37/h25-26,30-37,43-45,47-51,54,59-60,65-66,70-71H,15-24,27-29H2,1-14H3,(H,67,68)/t31-,32-,33+,34-,35-,36+,43+,44-,45+,47-,48+,49+,50-,51+,54+,55-,56-,57-/m1/s1. The second-order valence-corrected chi connectivity index (χ2v) is 24.0. The number of methoxy groups -OCH3 is 1. The molecule has 450 valence electrons. The molecule has 1 saturated carbocycles. The largest absolute Gasteiger partial charge is 0.477 e. The van der Waals surface area contributed by atoms with Gasteiger partial charge in [-0.3, -0.25) is 9.59 Å². The number of benzene rings is 1. The van der Waals surface area contributed by atoms with E-state index >= 15 is 4.39 Å². The molecule has 3 aliphatic heterocycles. The number of aliphatic hydroxyl groups excluding tert-OH is 2. The van der Waals surface area contributed by atoms with Crippen LogP contribution in [0.15, 0.2) is 23.1 Å². The van der Waals surface area contributed by atoms with Crippen molar-refractivity contribution in [1.29, 1.82) is 0 Å². The highest BCUT2D eigenvalue weighted by Gasteiger charge is 2.53. The lowest BCUT2D eigenvalue weighted by Gasteiger charge is -2.49. The number of fused-ring (bicyclic) bond motifs is 1. The maximum Gasteiger partial charge on any atom is 0.341 e. The van der Waals surface area contributed by atoms with Gasteiger partial charge in [-0.15, -0.1) is 0 Å². The zero-order valence-corrected chi connectivity index (χ0v) is 49.1. The lowest BCUT2D eigenvalue weighted by atomic mass is 9.77. The van der Waals surface area contributed by atoms with Gasteiger partial charge in [0.2, 0.25) is 5.43 Å². The van der Waals surface area contributed by atoms with E-state index in [1.54, 1.807) is 45.4 Å². The van der Waals surface area contributed by atoms with Gasteiger partial charge < -0.3 is 88.4 Å². The molecule has 4 aliphatic rings. The first-order valence-corrected chi connectivity index (χ1v) is 28.4. The molecule has 3 saturated heterocycles. The van der Waals surface area contributed by atoms with Gasteiger partial charge in [0.05, 0.1) is 72.6 Å². The van der Waals surface area contributed by atoms with E-state index in [2.05, 4.69) is 10.6 Å². The first kappa shape index (κ1) is 64.7. The van der Waals surface area contributed by atoms with Crippen molar-refractivity contribution in [1.82, 2.24) is 19.7 Å². The first-order valence-electron chi connectivity index (χ1n) is 28.4. The number of hydrogen-bond acceptors (Lipinski definition) is 19. The van der Waals surface area contributed by atoms with Crippen molar-refractivity contribution in [3.8, 4) is 0 Å². The van der Waals surface area contributed by atoms with Crippen molar-refractivity contribution < 1.29 is 77.4 Å². The number of carbonyl (C=O) groups is 2. The molecular weight excluding hydrogens is 1030 g/mol. The molecule has 22 heteroatoms. The van der Waals surface area contributed by atoms with E-state index in [4.69, 9.17) is 37.9 Å². The number of hydrogen-bond donors (Lipinski definition) is 7. The number of carbonyl (C=O) groups excluding carboxylic acids is 1. The molecule has 0 spiro atoms. The number of cyclic esters (lactones) is 1. The van der Waals surface area contributed by atoms with Gasteiger partial charge in [0, 0.05) is 75.3 Å². The number of aromatic nitrogens is 1. The summed E-state index contributed by atoms with van der Waals surface area (Å²) >= 11 is 0. The predicted octanol–water partition coefficient (Wildman–Crippen LogP) is 4.13. The van der Waals surface area contributed by atoms with Crippen molar-refractivity contribution in [3.05, 3.63) is 39.9 Å². The van der Waals surface area contributed by atoms with E-state index in [1.165, 1.54) is 13.1 Å². The van der Waals surface area contributed by atoms with E-state index in [1.807, 2.05) is 65.6 Å². The highest BCUT2D eigenvalue weighted by atomic mass is 19.1. The molecule has 4 fully saturated rings. The lowest BCUT2D eigenvalue weighted by molar-refractivity contribution is -0.320. The Morgan fingerprint density at radius 3 is 2.24 bits per heavy atom. The summed E-state index contributed by atoms with van der Waals surface area (Å²) in [5, 5.41) is 64.0. The molecule has 0 unspecified atom stereocenters. The molecule has 2 aromatic rings. The molecule has 0 amide bonds. The van der Waals surface area contributed by atoms with Crippen LogP contribution in [0.2, 0.25) is 0 Å². The number of pyridine rings is 1. The second kappa shape index (κ2) is 27.3. The fourth-order valence-electron chi connectivity index (χ4n) is 12.2. The third-order valence-corrected chi connectivity index (χ3v) is 17.0. The highest BCUT2D eigenvalue weighted by molar-refractivity contribution is 5.93. The third-order valence-electron chi connectivity index (χ3n) is 17.0. The topological polar surface area (TPSA) is 262 Å². The van der Waals surface area contributed by atoms with Crippen LogP contribution in [-0.2, 0) is 42.7 Å². The molecule has 1 aliphatic carbocycles. The Labute approximate surface area is 465 Å². The van der Waals surface area contributed by atoms with E-state index < -0.39 is 113 Å². The highest BCUT2D eigenvalue weighted by Crippen LogP contribution is 2.42. The first-order chi connectivity index (χ1) is 37.1. The molecule has 4 heterocycles. The molecular formula is C57H94FN5O16. The number of carboxylic acid groups (broad SMARTS) is 1. The summed E-state index contributed by atoms with van der Waals surface area (Å²) < 4.78 is 68.1. The van der Waals surface area contributed by atoms with Gasteiger partial charge in [0.15, 0.2) is 12.6 Å². The third kappa shape index (κ3) is 15.4. The number of likely N-dealkylation sites (N-methyl/N-ethyl adjacent to an activating group) is 2. The van der Waals surface area contributed by atoms with Crippen molar-refractivity contribution in [3.63, 3.8) is 0 Å². The van der Waals surface area contributed by atoms with Crippen LogP contribution in [-0.4, -0.2) is 216 Å². The molecule has 21 nitrogen and oxygen atoms in total. The number of anilines is 1. The van der Waals surface area contributed by atoms with Gasteiger partial charge in [0.25, 0.3) is 0 Å². The Balaban J connectivity index is 1.11. The average molecular weight is 1120 g/mol. The number of carboxylic acids is 1. The molecule has 0 bridgehead atoms. The Kier molecular flexibility index (Phi) is 22.4. The summed E-state index contributed by atoms with van der Waals surface area (Å²) in [6, 6.07) is 1.81. The minimum Gasteiger partial charge on any atom is -0.477 e. The smallest absolute Gasteiger partial charge is 0.341 e. The van der Waals surface area contributed by atoms with Crippen LogP contribution in [0.3, 0.4) is 0 Å². The van der Waals surface area contributed by atoms with Gasteiger partial charge >= 0.3 is 11.9 Å². The van der Waals surface area contributed by atoms with Crippen molar-refractivity contribution >= 4 is 28.5 Å². The van der Waals surface area contributed by atoms with Crippen molar-refractivity contribution in [2.45, 2.75) is 204 Å². The summed E-state index contributed by atoms with van der Waals surface area (Å²) in [6.45, 7) is 20.4. The van der Waals surface area contributed by atoms with Crippen LogP contribution in [0.5, 0.6) is 0 Å². The zero-order chi connectivity index (χ0) is 58.5. The maximum atomic E-state index is 15.1. The number of ether oxygens (including phenoxy) is 8. The van der Waals surface area contributed by atoms with Gasteiger partial charge in [0.1, 0.15) is 41.4 Å². The van der Waals surface area contributed by atoms with E-state index in [9.17, 15) is 39.9 Å². The Morgan fingerprint density at radius 2 is 1.61 bits per heavy atom. The van der Waals surface area contributed by atoms with E-state index in [0.29, 0.717) is 38.2 Å². The number of aromatic carboxylic acids is 1. The molecule has 7 N–H and O–H groups in total. The predicted molar refractivity (Wildman–Crippen MR) is 293 cm³/mol. The van der Waals surface area contributed by atoms with Crippen LogP contribution < -0.4 is 16.1 Å². The lowest BCUT2D eigenvalue weighted by Crippen LogP contribution is -2.61. The van der Waals surface area contributed by atoms with Crippen molar-refractivity contribution in [2.24, 2.45) is 17.8 Å². The fraction of sp³-hybridized carbons (Fsp3) is 0.807. The van der Waals surface area contributed by atoms with E-state index in [-0.39, 0.29) is 79.8 Å². The summed E-state index contributed by atoms with van der Waals surface area (Å²) in [6.07, 6.45) is -5.07. The molecule has 1 aromatic carbocycles. The van der Waals surface area contributed by atoms with Crippen LogP contribution in [0, 0.1) is 23.6 Å². The number of rotatable bonds is 20. The molecule has 6 rings (SSSR count). The average Bonchev–Trinajstić information content (AvgIpc) is 4.46. The minimum atomic E-state index is -1.85. The van der Waals surface area contributed by atoms with Crippen molar-refractivity contribution in [2.75, 3.05) is 79.6 Å². The zero-order valence-electron chi connectivity index (χ0n) is 49.1. The van der Waals surface area contributed by atoms with Gasteiger partial charge in [-0.25, -0.2) is 9.18 Å². The van der Waals surface area contributed by atoms with Crippen LogP contribution >= 0.6 is 0 Å². The summed E-state index contributed by atoms with van der Waals surface area (Å²) in [7, 11) is 7.19. The van der Waals surface area contributed by atoms with Crippen LogP contribution in [0.1, 0.15) is 124 Å². The molecule has 0 radical (unpaired) electrons. The van der Waals surface area contributed by atoms with Gasteiger partial charge in [-0.05, 0) is 120 Å². The van der Waals surface area contributed by atoms with E-state index in [0.717, 1.165) is 18.9 Å². The normalized spacial score (nSPS) is 37.6. The summed E-state index contributed by atoms with van der Waals surface area (Å²) in [5.41, 5.74) is -4.85. The van der Waals surface area contributed by atoms with Crippen LogP contribution in [0.25, 0.3) is 10.9 Å². The summed E-state index contributed by atoms with van der Waals surface area (Å²) in [5.74, 6) is -4.76. The number of nitrogens with zero attached hydrogens (tertiary/aromatic N) is 3. The maximum absolute atomic E-state index is 15.1. The molecule has 1 aromatic heterocycles. The number of aliphatic hydroxyl groups is 4. The van der Waals surface area contributed by atoms with Gasteiger partial charge in [-0.2, -0.15) is 0 Å². The molecule has 18 atom stereocenters. The van der Waals surface area contributed by atoms with Gasteiger partial charge in [-0.1, -0.05) is 20.8 Å². The van der Waals surface area contributed by atoms with Crippen LogP contribution in [0.4, 0.5) is 10.1 Å². The SMILES string of the molecule is CC[C@H]1OC(=O)[C@H](C)[C@@H](O[C@H]2C[C@@](C)(OC)[C@@H](OCCNCCOCCNc3cc4c(cc3F)c(=O)c(C(=O)O)cn4C3CC3)[C@H](C)O2)[C@H](C)[C@@H](O[C@@H]2O[C@H](C)C[C@H](N(C)C)[C@H]2O)[C@](C)(O)C[C@@H](C)CN(C)[C@H](C)[C@H](O)[C@]1(C)O.